The Morgan fingerprint density at radius 1 is 0.542 bits per heavy atom. The number of rotatable bonds is 1. The molecule has 0 saturated heterocycles. The smallest absolute Gasteiger partial charge is 0.121 e. The third kappa shape index (κ3) is 2.03. The summed E-state index contributed by atoms with van der Waals surface area (Å²) in [6.45, 7) is 17.7. The Morgan fingerprint density at radius 2 is 0.958 bits per heavy atom. The lowest BCUT2D eigenvalue weighted by atomic mass is 9.83. The topological polar surface area (TPSA) is 30.7 Å². The fourth-order valence-electron chi connectivity index (χ4n) is 3.95. The Hall–Kier alpha value is -2.16. The van der Waals surface area contributed by atoms with Crippen LogP contribution in [0.2, 0.25) is 0 Å². The van der Waals surface area contributed by atoms with Gasteiger partial charge in [0.05, 0.1) is 5.52 Å². The van der Waals surface area contributed by atoms with Crippen molar-refractivity contribution in [2.45, 2.75) is 55.4 Å². The molecule has 2 aromatic carbocycles. The second-order valence-electron chi connectivity index (χ2n) is 7.16. The first-order valence-electron chi connectivity index (χ1n) is 8.54. The van der Waals surface area contributed by atoms with E-state index in [0.717, 1.165) is 11.0 Å². The van der Waals surface area contributed by atoms with Crippen LogP contribution in [0.15, 0.2) is 0 Å². The highest BCUT2D eigenvalue weighted by Gasteiger charge is 2.22. The van der Waals surface area contributed by atoms with Gasteiger partial charge in [-0.1, -0.05) is 5.21 Å². The van der Waals surface area contributed by atoms with E-state index < -0.39 is 0 Å². The SMILES string of the molecule is Cc1c(C)c(C)c(-c2c(C)c(C)c(C)c3c2nnn3C)c(C)c1C. The summed E-state index contributed by atoms with van der Waals surface area (Å²) in [4.78, 5) is 0. The van der Waals surface area contributed by atoms with E-state index in [2.05, 4.69) is 65.7 Å². The number of nitrogens with zero attached hydrogens (tertiary/aromatic N) is 3. The van der Waals surface area contributed by atoms with Gasteiger partial charge in [-0.05, 0) is 105 Å². The van der Waals surface area contributed by atoms with E-state index in [9.17, 15) is 0 Å². The molecule has 3 heteroatoms. The fraction of sp³-hybridized carbons (Fsp3) is 0.429. The van der Waals surface area contributed by atoms with Gasteiger partial charge in [-0.3, -0.25) is 0 Å². The Morgan fingerprint density at radius 3 is 1.50 bits per heavy atom. The molecule has 0 N–H and O–H groups in total. The molecule has 0 unspecified atom stereocenters. The fourth-order valence-corrected chi connectivity index (χ4v) is 3.95. The van der Waals surface area contributed by atoms with Crippen LogP contribution >= 0.6 is 0 Å². The van der Waals surface area contributed by atoms with Crippen LogP contribution in [0.4, 0.5) is 0 Å². The summed E-state index contributed by atoms with van der Waals surface area (Å²) < 4.78 is 1.90. The van der Waals surface area contributed by atoms with Gasteiger partial charge in [0.1, 0.15) is 5.52 Å². The van der Waals surface area contributed by atoms with Gasteiger partial charge >= 0.3 is 0 Å². The molecule has 0 aliphatic rings. The minimum Gasteiger partial charge on any atom is -0.247 e. The van der Waals surface area contributed by atoms with Crippen molar-refractivity contribution in [2.24, 2.45) is 7.05 Å². The first kappa shape index (κ1) is 16.7. The third-order valence-electron chi connectivity index (χ3n) is 6.17. The largest absolute Gasteiger partial charge is 0.247 e. The quantitative estimate of drug-likeness (QED) is 0.624. The summed E-state index contributed by atoms with van der Waals surface area (Å²) in [5, 5.41) is 8.85. The molecule has 0 spiro atoms. The molecule has 1 heterocycles. The molecule has 0 saturated carbocycles. The van der Waals surface area contributed by atoms with Crippen molar-refractivity contribution in [1.29, 1.82) is 0 Å². The number of benzene rings is 2. The summed E-state index contributed by atoms with van der Waals surface area (Å²) >= 11 is 0. The van der Waals surface area contributed by atoms with Gasteiger partial charge in [0, 0.05) is 12.6 Å². The summed E-state index contributed by atoms with van der Waals surface area (Å²) in [6.07, 6.45) is 0. The molecule has 0 fully saturated rings. The van der Waals surface area contributed by atoms with Crippen LogP contribution in [0.3, 0.4) is 0 Å². The van der Waals surface area contributed by atoms with Crippen LogP contribution in [-0.2, 0) is 7.05 Å². The van der Waals surface area contributed by atoms with Gasteiger partial charge in [0.2, 0.25) is 0 Å². The Balaban J connectivity index is 2.58. The molecule has 0 aliphatic carbocycles. The van der Waals surface area contributed by atoms with Crippen LogP contribution in [-0.4, -0.2) is 15.0 Å². The Kier molecular flexibility index (Phi) is 3.78. The zero-order valence-electron chi connectivity index (χ0n) is 16.3. The third-order valence-corrected chi connectivity index (χ3v) is 6.17. The van der Waals surface area contributed by atoms with Crippen molar-refractivity contribution >= 4 is 11.0 Å². The predicted molar refractivity (Wildman–Crippen MR) is 102 cm³/mol. The molecule has 126 valence electrons. The lowest BCUT2D eigenvalue weighted by molar-refractivity contribution is 0.735. The number of hydrogen-bond donors (Lipinski definition) is 0. The number of hydrogen-bond acceptors (Lipinski definition) is 2. The van der Waals surface area contributed by atoms with E-state index >= 15 is 0 Å². The van der Waals surface area contributed by atoms with Crippen LogP contribution in [0.1, 0.15) is 44.5 Å². The molecule has 0 bridgehead atoms. The van der Waals surface area contributed by atoms with Crippen LogP contribution in [0.25, 0.3) is 22.2 Å². The molecule has 0 aliphatic heterocycles. The minimum absolute atomic E-state index is 1.02. The zero-order chi connectivity index (χ0) is 17.9. The second-order valence-corrected chi connectivity index (χ2v) is 7.16. The van der Waals surface area contributed by atoms with Crippen molar-refractivity contribution in [3.8, 4) is 11.1 Å². The van der Waals surface area contributed by atoms with Gasteiger partial charge in [0.15, 0.2) is 0 Å². The monoisotopic (exact) mass is 321 g/mol. The van der Waals surface area contributed by atoms with Crippen molar-refractivity contribution in [1.82, 2.24) is 15.0 Å². The van der Waals surface area contributed by atoms with E-state index in [1.165, 1.54) is 55.6 Å². The van der Waals surface area contributed by atoms with E-state index in [-0.39, 0.29) is 0 Å². The average Bonchev–Trinajstić information content (AvgIpc) is 2.93. The van der Waals surface area contributed by atoms with Crippen LogP contribution < -0.4 is 0 Å². The molecule has 0 amide bonds. The van der Waals surface area contributed by atoms with E-state index in [0.29, 0.717) is 0 Å². The molecule has 24 heavy (non-hydrogen) atoms. The molecule has 0 atom stereocenters. The molecular weight excluding hydrogens is 294 g/mol. The summed E-state index contributed by atoms with van der Waals surface area (Å²) in [6, 6.07) is 0. The molecule has 0 radical (unpaired) electrons. The number of aryl methyl sites for hydroxylation is 2. The van der Waals surface area contributed by atoms with Crippen LogP contribution in [0, 0.1) is 55.4 Å². The average molecular weight is 321 g/mol. The second kappa shape index (κ2) is 5.44. The number of fused-ring (bicyclic) bond motifs is 1. The van der Waals surface area contributed by atoms with Crippen molar-refractivity contribution < 1.29 is 0 Å². The minimum atomic E-state index is 1.02. The van der Waals surface area contributed by atoms with E-state index in [1.807, 2.05) is 11.7 Å². The summed E-state index contributed by atoms with van der Waals surface area (Å²) in [5.41, 5.74) is 15.5. The van der Waals surface area contributed by atoms with Crippen molar-refractivity contribution in [3.05, 3.63) is 44.5 Å². The van der Waals surface area contributed by atoms with Crippen molar-refractivity contribution in [2.75, 3.05) is 0 Å². The zero-order valence-corrected chi connectivity index (χ0v) is 16.3. The van der Waals surface area contributed by atoms with Gasteiger partial charge < -0.3 is 0 Å². The van der Waals surface area contributed by atoms with E-state index in [1.54, 1.807) is 0 Å². The Bertz CT molecular complexity index is 962. The Labute approximate surface area is 144 Å². The van der Waals surface area contributed by atoms with Gasteiger partial charge in [-0.25, -0.2) is 4.68 Å². The first-order valence-corrected chi connectivity index (χ1v) is 8.54. The lowest BCUT2D eigenvalue weighted by Gasteiger charge is -2.22. The standard InChI is InChI=1S/C21H27N3/c1-10-11(2)14(5)18(15(6)12(10)3)19-16(7)13(4)17(8)21-20(19)22-23-24(21)9/h1-9H3. The molecule has 3 rings (SSSR count). The van der Waals surface area contributed by atoms with Crippen molar-refractivity contribution in [3.63, 3.8) is 0 Å². The summed E-state index contributed by atoms with van der Waals surface area (Å²) in [5.74, 6) is 0. The highest BCUT2D eigenvalue weighted by atomic mass is 15.4. The highest BCUT2D eigenvalue weighted by molar-refractivity contribution is 5.98. The van der Waals surface area contributed by atoms with Crippen LogP contribution in [0.5, 0.6) is 0 Å². The maximum absolute atomic E-state index is 4.53. The molecule has 1 aromatic heterocycles. The molecule has 3 aromatic rings. The molecular formula is C21H27N3. The highest BCUT2D eigenvalue weighted by Crippen LogP contribution is 2.41. The maximum atomic E-state index is 4.53. The lowest BCUT2D eigenvalue weighted by Crippen LogP contribution is -2.03. The van der Waals surface area contributed by atoms with Gasteiger partial charge in [-0.15, -0.1) is 5.10 Å². The first-order chi connectivity index (χ1) is 11.2. The molecule has 3 nitrogen and oxygen atoms in total. The van der Waals surface area contributed by atoms with Gasteiger partial charge in [0.25, 0.3) is 0 Å². The normalized spacial score (nSPS) is 11.5. The van der Waals surface area contributed by atoms with E-state index in [4.69, 9.17) is 0 Å². The maximum Gasteiger partial charge on any atom is 0.121 e. The predicted octanol–water partition coefficient (Wildman–Crippen LogP) is 5.10. The van der Waals surface area contributed by atoms with Gasteiger partial charge in [-0.2, -0.15) is 0 Å². The number of aromatic nitrogens is 3. The summed E-state index contributed by atoms with van der Waals surface area (Å²) in [7, 11) is 1.98.